The maximum absolute atomic E-state index is 12.5. The monoisotopic (exact) mass is 396 g/mol. The molecule has 1 aromatic rings. The van der Waals surface area contributed by atoms with Gasteiger partial charge in [-0.1, -0.05) is 27.7 Å². The van der Waals surface area contributed by atoms with Gasteiger partial charge < -0.3 is 11.1 Å². The fraction of sp³-hybridized carbons (Fsp3) is 0.632. The van der Waals surface area contributed by atoms with Gasteiger partial charge in [-0.15, -0.1) is 0 Å². The molecule has 0 spiro atoms. The Morgan fingerprint density at radius 2 is 1.85 bits per heavy atom. The van der Waals surface area contributed by atoms with Gasteiger partial charge in [0.25, 0.3) is 0 Å². The van der Waals surface area contributed by atoms with Crippen molar-refractivity contribution < 1.29 is 13.2 Å². The summed E-state index contributed by atoms with van der Waals surface area (Å²) in [5, 5.41) is 2.84. The average Bonchev–Trinajstić information content (AvgIpc) is 2.59. The van der Waals surface area contributed by atoms with Crippen LogP contribution >= 0.6 is 0 Å². The SMILES string of the molecule is CCN(CC)S(=O)(=O)c1ccc(NC(=O)CN2CCC(N)C(C)(C)C2)cc1. The maximum Gasteiger partial charge on any atom is 0.243 e. The Morgan fingerprint density at radius 1 is 1.26 bits per heavy atom. The van der Waals surface area contributed by atoms with Crippen LogP contribution in [-0.4, -0.2) is 62.3 Å². The zero-order valence-corrected chi connectivity index (χ0v) is 17.6. The van der Waals surface area contributed by atoms with Crippen molar-refractivity contribution in [2.24, 2.45) is 11.1 Å². The highest BCUT2D eigenvalue weighted by atomic mass is 32.2. The molecule has 2 rings (SSSR count). The second-order valence-corrected chi connectivity index (χ2v) is 9.69. The topological polar surface area (TPSA) is 95.7 Å². The summed E-state index contributed by atoms with van der Waals surface area (Å²) in [7, 11) is -3.49. The quantitative estimate of drug-likeness (QED) is 0.732. The van der Waals surface area contributed by atoms with Crippen LogP contribution in [0.1, 0.15) is 34.1 Å². The van der Waals surface area contributed by atoms with Crippen molar-refractivity contribution in [1.82, 2.24) is 9.21 Å². The first-order valence-corrected chi connectivity index (χ1v) is 10.9. The van der Waals surface area contributed by atoms with Crippen molar-refractivity contribution in [1.29, 1.82) is 0 Å². The van der Waals surface area contributed by atoms with E-state index in [-0.39, 0.29) is 22.3 Å². The van der Waals surface area contributed by atoms with Crippen molar-refractivity contribution in [2.45, 2.75) is 45.1 Å². The molecule has 1 aliphatic rings. The number of nitrogens with zero attached hydrogens (tertiary/aromatic N) is 2. The number of sulfonamides is 1. The van der Waals surface area contributed by atoms with E-state index in [2.05, 4.69) is 24.1 Å². The van der Waals surface area contributed by atoms with Crippen molar-refractivity contribution in [2.75, 3.05) is 38.0 Å². The molecule has 1 atom stereocenters. The van der Waals surface area contributed by atoms with Crippen LogP contribution in [0.2, 0.25) is 0 Å². The number of piperidine rings is 1. The number of hydrogen-bond acceptors (Lipinski definition) is 5. The van der Waals surface area contributed by atoms with E-state index in [0.717, 1.165) is 19.5 Å². The van der Waals surface area contributed by atoms with Gasteiger partial charge in [0.15, 0.2) is 0 Å². The van der Waals surface area contributed by atoms with Gasteiger partial charge in [-0.3, -0.25) is 9.69 Å². The fourth-order valence-electron chi connectivity index (χ4n) is 3.45. The van der Waals surface area contributed by atoms with Crippen LogP contribution < -0.4 is 11.1 Å². The van der Waals surface area contributed by atoms with Gasteiger partial charge in [-0.25, -0.2) is 8.42 Å². The first-order chi connectivity index (χ1) is 12.6. The number of rotatable bonds is 7. The number of hydrogen-bond donors (Lipinski definition) is 2. The molecule has 1 aliphatic heterocycles. The summed E-state index contributed by atoms with van der Waals surface area (Å²) in [6.45, 7) is 10.6. The van der Waals surface area contributed by atoms with E-state index in [1.54, 1.807) is 12.1 Å². The third kappa shape index (κ3) is 5.28. The first-order valence-electron chi connectivity index (χ1n) is 9.48. The summed E-state index contributed by atoms with van der Waals surface area (Å²) in [5.41, 5.74) is 6.71. The molecule has 3 N–H and O–H groups in total. The molecular weight excluding hydrogens is 364 g/mol. The van der Waals surface area contributed by atoms with E-state index < -0.39 is 10.0 Å². The van der Waals surface area contributed by atoms with Crippen LogP contribution in [0.4, 0.5) is 5.69 Å². The number of likely N-dealkylation sites (tertiary alicyclic amines) is 1. The Hall–Kier alpha value is -1.48. The van der Waals surface area contributed by atoms with Crippen LogP contribution in [0.25, 0.3) is 0 Å². The minimum Gasteiger partial charge on any atom is -0.327 e. The Labute approximate surface area is 163 Å². The van der Waals surface area contributed by atoms with Crippen LogP contribution in [0.15, 0.2) is 29.2 Å². The Bertz CT molecular complexity index is 743. The van der Waals surface area contributed by atoms with Gasteiger partial charge in [0, 0.05) is 37.9 Å². The lowest BCUT2D eigenvalue weighted by Crippen LogP contribution is -2.53. The number of anilines is 1. The molecule has 8 heteroatoms. The molecule has 1 aromatic carbocycles. The van der Waals surface area contributed by atoms with E-state index in [4.69, 9.17) is 5.73 Å². The maximum atomic E-state index is 12.5. The van der Waals surface area contributed by atoms with E-state index in [1.807, 2.05) is 13.8 Å². The van der Waals surface area contributed by atoms with Crippen LogP contribution in [0.3, 0.4) is 0 Å². The number of nitrogens with one attached hydrogen (secondary N) is 1. The van der Waals surface area contributed by atoms with Crippen molar-refractivity contribution in [3.63, 3.8) is 0 Å². The molecule has 0 aliphatic carbocycles. The van der Waals surface area contributed by atoms with Gasteiger partial charge in [-0.2, -0.15) is 4.31 Å². The Kier molecular flexibility index (Phi) is 7.02. The molecular formula is C19H32N4O3S. The highest BCUT2D eigenvalue weighted by molar-refractivity contribution is 7.89. The Balaban J connectivity index is 1.97. The summed E-state index contributed by atoms with van der Waals surface area (Å²) >= 11 is 0. The van der Waals surface area contributed by atoms with Gasteiger partial charge in [-0.05, 0) is 36.1 Å². The molecule has 1 fully saturated rings. The summed E-state index contributed by atoms with van der Waals surface area (Å²) in [6.07, 6.45) is 0.873. The number of amides is 1. The van der Waals surface area contributed by atoms with E-state index in [1.165, 1.54) is 16.4 Å². The minimum absolute atomic E-state index is 0.0149. The van der Waals surface area contributed by atoms with E-state index >= 15 is 0 Å². The van der Waals surface area contributed by atoms with Gasteiger partial charge in [0.1, 0.15) is 0 Å². The zero-order valence-electron chi connectivity index (χ0n) is 16.7. The molecule has 1 amide bonds. The van der Waals surface area contributed by atoms with Gasteiger partial charge in [0.05, 0.1) is 11.4 Å². The third-order valence-corrected chi connectivity index (χ3v) is 7.30. The standard InChI is InChI=1S/C19H32N4O3S/c1-5-23(6-2)27(25,26)16-9-7-15(8-10-16)21-18(24)13-22-12-11-17(20)19(3,4)14-22/h7-10,17H,5-6,11-14,20H2,1-4H3,(H,21,24). The molecule has 0 saturated carbocycles. The predicted octanol–water partition coefficient (Wildman–Crippen LogP) is 1.71. The lowest BCUT2D eigenvalue weighted by molar-refractivity contribution is -0.118. The average molecular weight is 397 g/mol. The number of benzene rings is 1. The summed E-state index contributed by atoms with van der Waals surface area (Å²) in [5.74, 6) is -0.111. The third-order valence-electron chi connectivity index (χ3n) is 5.24. The van der Waals surface area contributed by atoms with Crippen LogP contribution in [-0.2, 0) is 14.8 Å². The lowest BCUT2D eigenvalue weighted by atomic mass is 9.80. The van der Waals surface area contributed by atoms with Crippen LogP contribution in [0, 0.1) is 5.41 Å². The molecule has 152 valence electrons. The molecule has 0 bridgehead atoms. The fourth-order valence-corrected chi connectivity index (χ4v) is 4.90. The summed E-state index contributed by atoms with van der Waals surface area (Å²) in [4.78, 5) is 14.7. The van der Waals surface area contributed by atoms with Gasteiger partial charge >= 0.3 is 0 Å². The van der Waals surface area contributed by atoms with E-state index in [0.29, 0.717) is 25.3 Å². The largest absolute Gasteiger partial charge is 0.327 e. The zero-order chi connectivity index (χ0) is 20.2. The molecule has 1 saturated heterocycles. The molecule has 7 nitrogen and oxygen atoms in total. The Morgan fingerprint density at radius 3 is 2.37 bits per heavy atom. The summed E-state index contributed by atoms with van der Waals surface area (Å²) in [6, 6.07) is 6.48. The predicted molar refractivity (Wildman–Crippen MR) is 108 cm³/mol. The van der Waals surface area contributed by atoms with Gasteiger partial charge in [0.2, 0.25) is 15.9 Å². The minimum atomic E-state index is -3.49. The molecule has 1 heterocycles. The van der Waals surface area contributed by atoms with Crippen molar-refractivity contribution in [3.8, 4) is 0 Å². The first kappa shape index (κ1) is 21.8. The smallest absolute Gasteiger partial charge is 0.243 e. The van der Waals surface area contributed by atoms with Crippen molar-refractivity contribution in [3.05, 3.63) is 24.3 Å². The number of carbonyl (C=O) groups is 1. The normalized spacial score (nSPS) is 20.6. The van der Waals surface area contributed by atoms with Crippen LogP contribution in [0.5, 0.6) is 0 Å². The molecule has 27 heavy (non-hydrogen) atoms. The lowest BCUT2D eigenvalue weighted by Gasteiger charge is -2.42. The summed E-state index contributed by atoms with van der Waals surface area (Å²) < 4.78 is 26.4. The number of carbonyl (C=O) groups excluding carboxylic acids is 1. The second-order valence-electron chi connectivity index (χ2n) is 7.76. The second kappa shape index (κ2) is 8.68. The highest BCUT2D eigenvalue weighted by Crippen LogP contribution is 2.27. The molecule has 0 radical (unpaired) electrons. The molecule has 0 aromatic heterocycles. The van der Waals surface area contributed by atoms with E-state index in [9.17, 15) is 13.2 Å². The highest BCUT2D eigenvalue weighted by Gasteiger charge is 2.33. The molecule has 1 unspecified atom stereocenters. The number of nitrogens with two attached hydrogens (primary N) is 1. The van der Waals surface area contributed by atoms with Crippen molar-refractivity contribution >= 4 is 21.6 Å².